The van der Waals surface area contributed by atoms with E-state index in [0.29, 0.717) is 5.57 Å². The van der Waals surface area contributed by atoms with Crippen molar-refractivity contribution in [1.82, 2.24) is 0 Å². The predicted molar refractivity (Wildman–Crippen MR) is 60.5 cm³/mol. The normalized spacial score (nSPS) is 8.07. The molecule has 2 N–H and O–H groups in total. The molecule has 2 nitrogen and oxygen atoms in total. The summed E-state index contributed by atoms with van der Waals surface area (Å²) in [5, 5.41) is 0. The van der Waals surface area contributed by atoms with E-state index in [4.69, 9.17) is 5.73 Å². The molecule has 0 spiro atoms. The van der Waals surface area contributed by atoms with E-state index in [-0.39, 0.29) is 0 Å². The van der Waals surface area contributed by atoms with Gasteiger partial charge >= 0.3 is 0 Å². The van der Waals surface area contributed by atoms with Gasteiger partial charge in [-0.2, -0.15) is 0 Å². The number of benzene rings is 1. The molecule has 0 radical (unpaired) electrons. The first kappa shape index (κ1) is 12.2. The van der Waals surface area contributed by atoms with Crippen LogP contribution in [0.4, 0.5) is 0 Å². The number of hydrogen-bond donors (Lipinski definition) is 1. The van der Waals surface area contributed by atoms with E-state index >= 15 is 0 Å². The highest BCUT2D eigenvalue weighted by Gasteiger charge is 1.86. The highest BCUT2D eigenvalue weighted by Crippen LogP contribution is 1.97. The maximum atomic E-state index is 9.82. The minimum atomic E-state index is -0.435. The van der Waals surface area contributed by atoms with Crippen molar-refractivity contribution < 1.29 is 4.79 Å². The number of primary amides is 1. The van der Waals surface area contributed by atoms with Crippen molar-refractivity contribution in [3.8, 4) is 0 Å². The van der Waals surface area contributed by atoms with Crippen molar-refractivity contribution >= 4 is 12.0 Å². The van der Waals surface area contributed by atoms with E-state index in [1.165, 1.54) is 5.56 Å². The summed E-state index contributed by atoms with van der Waals surface area (Å²) in [5.41, 5.74) is 6.27. The lowest BCUT2D eigenvalue weighted by Gasteiger charge is -1.85. The van der Waals surface area contributed by atoms with Crippen LogP contribution in [0, 0.1) is 0 Å². The van der Waals surface area contributed by atoms with Gasteiger partial charge in [-0.1, -0.05) is 49.6 Å². The predicted octanol–water partition coefficient (Wildman–Crippen LogP) is 2.38. The minimum absolute atomic E-state index is 0.398. The number of carbonyl (C=O) groups excluding carboxylic acids is 1. The van der Waals surface area contributed by atoms with E-state index in [0.717, 1.165) is 0 Å². The molecule has 0 saturated carbocycles. The van der Waals surface area contributed by atoms with Gasteiger partial charge in [-0.15, -0.1) is 0 Å². The van der Waals surface area contributed by atoms with Gasteiger partial charge in [-0.05, 0) is 12.5 Å². The molecule has 0 aliphatic heterocycles. The maximum Gasteiger partial charge on any atom is 0.243 e. The van der Waals surface area contributed by atoms with Gasteiger partial charge < -0.3 is 5.73 Å². The quantitative estimate of drug-likeness (QED) is 0.713. The molecule has 0 aliphatic carbocycles. The van der Waals surface area contributed by atoms with E-state index in [1.807, 2.05) is 36.4 Å². The first-order valence-electron chi connectivity index (χ1n) is 4.20. The molecule has 14 heavy (non-hydrogen) atoms. The molecule has 0 atom stereocenters. The Morgan fingerprint density at radius 2 is 1.79 bits per heavy atom. The van der Waals surface area contributed by atoms with Crippen LogP contribution >= 0.6 is 0 Å². The van der Waals surface area contributed by atoms with Gasteiger partial charge in [0.25, 0.3) is 0 Å². The van der Waals surface area contributed by atoms with Gasteiger partial charge in [0.05, 0.1) is 0 Å². The van der Waals surface area contributed by atoms with Gasteiger partial charge in [0.2, 0.25) is 5.91 Å². The van der Waals surface area contributed by atoms with Crippen molar-refractivity contribution in [2.24, 2.45) is 5.73 Å². The second kappa shape index (κ2) is 6.66. The van der Waals surface area contributed by atoms with Crippen LogP contribution < -0.4 is 5.73 Å². The Balaban J connectivity index is 0.000000255. The zero-order chi connectivity index (χ0) is 11.0. The number of nitrogens with two attached hydrogens (primary N) is 1. The van der Waals surface area contributed by atoms with Gasteiger partial charge in [-0.25, -0.2) is 0 Å². The van der Waals surface area contributed by atoms with Crippen molar-refractivity contribution in [3.63, 3.8) is 0 Å². The molecule has 0 heterocycles. The number of carbonyl (C=O) groups is 1. The lowest BCUT2D eigenvalue weighted by Crippen LogP contribution is -2.10. The summed E-state index contributed by atoms with van der Waals surface area (Å²) >= 11 is 0. The number of rotatable bonds is 2. The summed E-state index contributed by atoms with van der Waals surface area (Å²) in [6.45, 7) is 8.48. The second-order valence-corrected chi connectivity index (χ2v) is 2.76. The van der Waals surface area contributed by atoms with Crippen LogP contribution in [0.5, 0.6) is 0 Å². The van der Waals surface area contributed by atoms with Crippen LogP contribution in [0.1, 0.15) is 12.5 Å². The monoisotopic (exact) mass is 189 g/mol. The third-order valence-corrected chi connectivity index (χ3v) is 1.46. The van der Waals surface area contributed by atoms with Crippen LogP contribution in [0.3, 0.4) is 0 Å². The highest BCUT2D eigenvalue weighted by atomic mass is 16.1. The summed E-state index contributed by atoms with van der Waals surface area (Å²) in [5.74, 6) is -0.435. The largest absolute Gasteiger partial charge is 0.366 e. The fourth-order valence-corrected chi connectivity index (χ4v) is 0.589. The van der Waals surface area contributed by atoms with Crippen LogP contribution in [0.25, 0.3) is 6.08 Å². The highest BCUT2D eigenvalue weighted by molar-refractivity contribution is 5.90. The van der Waals surface area contributed by atoms with Crippen LogP contribution in [0.2, 0.25) is 0 Å². The van der Waals surface area contributed by atoms with E-state index in [2.05, 4.69) is 13.2 Å². The molecule has 74 valence electrons. The minimum Gasteiger partial charge on any atom is -0.366 e. The molecule has 2 heteroatoms. The Morgan fingerprint density at radius 1 is 1.36 bits per heavy atom. The van der Waals surface area contributed by atoms with Gasteiger partial charge in [0.15, 0.2) is 0 Å². The third-order valence-electron chi connectivity index (χ3n) is 1.46. The molecule has 1 amide bonds. The average Bonchev–Trinajstić information content (AvgIpc) is 2.20. The van der Waals surface area contributed by atoms with Crippen molar-refractivity contribution in [1.29, 1.82) is 0 Å². The zero-order valence-corrected chi connectivity index (χ0v) is 8.36. The average molecular weight is 189 g/mol. The smallest absolute Gasteiger partial charge is 0.243 e. The number of hydrogen-bond acceptors (Lipinski definition) is 1. The van der Waals surface area contributed by atoms with E-state index < -0.39 is 5.91 Å². The molecule has 0 unspecified atom stereocenters. The Bertz CT molecular complexity index is 302. The number of amides is 1. The summed E-state index contributed by atoms with van der Waals surface area (Å²) in [6, 6.07) is 10.0. The topological polar surface area (TPSA) is 43.1 Å². The fraction of sp³-hybridized carbons (Fsp3) is 0.0833. The molecule has 0 saturated heterocycles. The molecule has 1 aromatic carbocycles. The lowest BCUT2D eigenvalue weighted by molar-refractivity contribution is -0.114. The van der Waals surface area contributed by atoms with Crippen molar-refractivity contribution in [2.75, 3.05) is 0 Å². The fourth-order valence-electron chi connectivity index (χ4n) is 0.589. The first-order chi connectivity index (χ1) is 6.57. The molecule has 0 fully saturated rings. The van der Waals surface area contributed by atoms with Gasteiger partial charge in [-0.3, -0.25) is 4.79 Å². The summed E-state index contributed by atoms with van der Waals surface area (Å²) < 4.78 is 0. The Hall–Kier alpha value is -1.83. The zero-order valence-electron chi connectivity index (χ0n) is 8.36. The van der Waals surface area contributed by atoms with E-state index in [1.54, 1.807) is 6.92 Å². The Kier molecular flexibility index (Phi) is 5.79. The summed E-state index contributed by atoms with van der Waals surface area (Å²) in [7, 11) is 0. The molecule has 0 aliphatic rings. The Morgan fingerprint density at radius 3 is 2.00 bits per heavy atom. The molecular formula is C12H15NO. The standard InChI is InChI=1S/C8H8.C4H7NO/c1-2-8-6-4-3-5-7-8;1-3(2)4(5)6/h2-7H,1H2;1H2,2H3,(H2,5,6). The molecule has 1 aromatic rings. The van der Waals surface area contributed by atoms with E-state index in [9.17, 15) is 4.79 Å². The summed E-state index contributed by atoms with van der Waals surface area (Å²) in [4.78, 5) is 9.82. The lowest BCUT2D eigenvalue weighted by atomic mass is 10.2. The molecular weight excluding hydrogens is 174 g/mol. The second-order valence-electron chi connectivity index (χ2n) is 2.76. The Labute approximate surface area is 84.7 Å². The van der Waals surface area contributed by atoms with Gasteiger partial charge in [0, 0.05) is 5.57 Å². The van der Waals surface area contributed by atoms with Crippen molar-refractivity contribution in [2.45, 2.75) is 6.92 Å². The van der Waals surface area contributed by atoms with Gasteiger partial charge in [0.1, 0.15) is 0 Å². The molecule has 0 bridgehead atoms. The first-order valence-corrected chi connectivity index (χ1v) is 4.20. The summed E-state index contributed by atoms with van der Waals surface area (Å²) in [6.07, 6.45) is 1.83. The van der Waals surface area contributed by atoms with Crippen LogP contribution in [-0.2, 0) is 4.79 Å². The third kappa shape index (κ3) is 5.77. The van der Waals surface area contributed by atoms with Crippen molar-refractivity contribution in [3.05, 3.63) is 54.6 Å². The van der Waals surface area contributed by atoms with Crippen LogP contribution in [0.15, 0.2) is 49.1 Å². The molecule has 1 rings (SSSR count). The SMILES string of the molecule is C=C(C)C(N)=O.C=Cc1ccccc1. The maximum absolute atomic E-state index is 9.82. The molecule has 0 aromatic heterocycles. The van der Waals surface area contributed by atoms with Crippen LogP contribution in [-0.4, -0.2) is 5.91 Å².